The third-order valence-electron chi connectivity index (χ3n) is 8.20. The van der Waals surface area contributed by atoms with Crippen molar-refractivity contribution < 1.29 is 33.7 Å². The van der Waals surface area contributed by atoms with E-state index in [2.05, 4.69) is 20.5 Å². The average molecular weight is 551 g/mol. The van der Waals surface area contributed by atoms with Gasteiger partial charge in [0.2, 0.25) is 23.9 Å². The molecule has 39 heavy (non-hydrogen) atoms. The highest BCUT2D eigenvalue weighted by Crippen LogP contribution is 2.34. The van der Waals surface area contributed by atoms with Crippen molar-refractivity contribution in [2.75, 3.05) is 5.32 Å². The van der Waals surface area contributed by atoms with Gasteiger partial charge in [-0.05, 0) is 51.4 Å². The fourth-order valence-corrected chi connectivity index (χ4v) is 6.00. The second kappa shape index (κ2) is 12.9. The number of esters is 2. The van der Waals surface area contributed by atoms with Gasteiger partial charge in [-0.1, -0.05) is 6.42 Å². The van der Waals surface area contributed by atoms with Gasteiger partial charge in [-0.3, -0.25) is 39.9 Å². The van der Waals surface area contributed by atoms with Gasteiger partial charge in [-0.25, -0.2) is 5.10 Å². The van der Waals surface area contributed by atoms with E-state index in [1.54, 1.807) is 0 Å². The number of aromatic nitrogens is 3. The van der Waals surface area contributed by atoms with E-state index in [1.165, 1.54) is 6.33 Å². The van der Waals surface area contributed by atoms with Gasteiger partial charge in [0.15, 0.2) is 0 Å². The van der Waals surface area contributed by atoms with Crippen LogP contribution in [0.4, 0.5) is 5.95 Å². The summed E-state index contributed by atoms with van der Waals surface area (Å²) in [6.07, 6.45) is 5.20. The zero-order chi connectivity index (χ0) is 27.9. The van der Waals surface area contributed by atoms with Crippen LogP contribution in [0.2, 0.25) is 0 Å². The molecule has 0 aromatic carbocycles. The number of rotatable bonds is 9. The number of hydrogen-bond donors (Lipinski definition) is 2. The number of nitrogens with zero attached hydrogens (tertiary/aromatic N) is 4. The molecule has 15 nitrogen and oxygen atoms in total. The number of ether oxygens (including phenoxy) is 2. The first-order chi connectivity index (χ1) is 18.7. The van der Waals surface area contributed by atoms with Gasteiger partial charge in [0.25, 0.3) is 0 Å². The van der Waals surface area contributed by atoms with Gasteiger partial charge in [0, 0.05) is 22.2 Å². The van der Waals surface area contributed by atoms with Crippen molar-refractivity contribution in [3.05, 3.63) is 26.6 Å². The van der Waals surface area contributed by atoms with Crippen LogP contribution in [0.3, 0.4) is 0 Å². The summed E-state index contributed by atoms with van der Waals surface area (Å²) in [7, 11) is 0. The Morgan fingerprint density at radius 3 is 2.38 bits per heavy atom. The molecule has 5 unspecified atom stereocenters. The Labute approximate surface area is 224 Å². The molecule has 15 heteroatoms. The lowest BCUT2D eigenvalue weighted by atomic mass is 9.80. The molecule has 1 aromatic heterocycles. The van der Waals surface area contributed by atoms with Crippen LogP contribution in [0.25, 0.3) is 0 Å². The normalized spacial score (nSPS) is 31.0. The Kier molecular flexibility index (Phi) is 9.41. The van der Waals surface area contributed by atoms with Crippen LogP contribution in [0, 0.1) is 38.0 Å². The topological polar surface area (TPSA) is 210 Å². The van der Waals surface area contributed by atoms with Crippen LogP contribution in [-0.2, 0) is 23.9 Å². The largest absolute Gasteiger partial charge is 0.462 e. The second-order valence-electron chi connectivity index (χ2n) is 10.7. The van der Waals surface area contributed by atoms with E-state index in [0.717, 1.165) is 12.8 Å². The zero-order valence-corrected chi connectivity index (χ0v) is 21.6. The Hall–Kier alpha value is -3.65. The van der Waals surface area contributed by atoms with Crippen molar-refractivity contribution >= 4 is 23.8 Å². The quantitative estimate of drug-likeness (QED) is 0.259. The first-order valence-electron chi connectivity index (χ1n) is 13.5. The second-order valence-corrected chi connectivity index (χ2v) is 10.7. The monoisotopic (exact) mass is 550 g/mol. The van der Waals surface area contributed by atoms with E-state index < -0.39 is 51.9 Å². The molecule has 3 aliphatic carbocycles. The molecular formula is C24H34N6O9. The first-order valence-corrected chi connectivity index (χ1v) is 13.5. The van der Waals surface area contributed by atoms with Gasteiger partial charge in [-0.15, -0.1) is 0 Å². The lowest BCUT2D eigenvalue weighted by molar-refractivity contribution is -0.574. The molecule has 2 N–H and O–H groups in total. The summed E-state index contributed by atoms with van der Waals surface area (Å²) in [4.78, 5) is 63.5. The fourth-order valence-electron chi connectivity index (χ4n) is 6.00. The molecular weight excluding hydrogens is 516 g/mol. The van der Waals surface area contributed by atoms with Crippen LogP contribution in [0.1, 0.15) is 77.0 Å². The molecule has 1 aromatic rings. The van der Waals surface area contributed by atoms with Gasteiger partial charge in [-0.2, -0.15) is 10.1 Å². The lowest BCUT2D eigenvalue weighted by Crippen LogP contribution is -2.42. The fraction of sp³-hybridized carbons (Fsp3) is 0.792. The third kappa shape index (κ3) is 7.47. The molecule has 214 valence electrons. The van der Waals surface area contributed by atoms with E-state index in [-0.39, 0.29) is 49.4 Å². The molecule has 4 rings (SSSR count). The molecule has 0 saturated heterocycles. The minimum Gasteiger partial charge on any atom is -0.462 e. The van der Waals surface area contributed by atoms with E-state index >= 15 is 0 Å². The van der Waals surface area contributed by atoms with Crippen molar-refractivity contribution in [1.29, 1.82) is 0 Å². The molecule has 1 amide bonds. The number of amides is 1. The summed E-state index contributed by atoms with van der Waals surface area (Å²) in [6.45, 7) is 0. The molecule has 3 aliphatic rings. The van der Waals surface area contributed by atoms with Gasteiger partial charge < -0.3 is 9.47 Å². The van der Waals surface area contributed by atoms with Crippen LogP contribution in [0.5, 0.6) is 0 Å². The van der Waals surface area contributed by atoms with Crippen LogP contribution in [-0.4, -0.2) is 67.2 Å². The SMILES string of the molecule is O=C(CC1CCC([N+](=O)[O-])CC1[N+](=O)[O-])OC1CCC(C(=O)OC2CCCCC2C(=O)Nc2ncn[nH]2)CC1. The predicted octanol–water partition coefficient (Wildman–Crippen LogP) is 2.43. The molecule has 0 spiro atoms. The summed E-state index contributed by atoms with van der Waals surface area (Å²) >= 11 is 0. The van der Waals surface area contributed by atoms with Crippen molar-refractivity contribution in [2.24, 2.45) is 17.8 Å². The van der Waals surface area contributed by atoms with E-state index in [9.17, 15) is 34.6 Å². The van der Waals surface area contributed by atoms with Gasteiger partial charge in [0.05, 0.1) is 24.7 Å². The van der Waals surface area contributed by atoms with Crippen molar-refractivity contribution in [2.45, 2.75) is 101 Å². The zero-order valence-electron chi connectivity index (χ0n) is 21.6. The molecule has 0 aliphatic heterocycles. The van der Waals surface area contributed by atoms with Gasteiger partial charge in [0.1, 0.15) is 18.5 Å². The number of nitrogens with one attached hydrogen (secondary N) is 2. The average Bonchev–Trinajstić information content (AvgIpc) is 3.42. The number of anilines is 1. The summed E-state index contributed by atoms with van der Waals surface area (Å²) in [5.74, 6) is -2.39. The third-order valence-corrected chi connectivity index (χ3v) is 8.20. The Morgan fingerprint density at radius 2 is 1.72 bits per heavy atom. The summed E-state index contributed by atoms with van der Waals surface area (Å²) < 4.78 is 11.4. The van der Waals surface area contributed by atoms with E-state index in [0.29, 0.717) is 38.5 Å². The Morgan fingerprint density at radius 1 is 0.974 bits per heavy atom. The minimum atomic E-state index is -1.14. The van der Waals surface area contributed by atoms with Crippen LogP contribution in [0.15, 0.2) is 6.33 Å². The molecule has 0 radical (unpaired) electrons. The molecule has 1 heterocycles. The minimum absolute atomic E-state index is 0.156. The first kappa shape index (κ1) is 28.4. The number of carbonyl (C=O) groups is 3. The van der Waals surface area contributed by atoms with Crippen LogP contribution >= 0.6 is 0 Å². The van der Waals surface area contributed by atoms with Crippen molar-refractivity contribution in [1.82, 2.24) is 15.2 Å². The molecule has 0 bridgehead atoms. The van der Waals surface area contributed by atoms with Crippen molar-refractivity contribution in [3.63, 3.8) is 0 Å². The maximum Gasteiger partial charge on any atom is 0.309 e. The highest BCUT2D eigenvalue weighted by Gasteiger charge is 2.44. The summed E-state index contributed by atoms with van der Waals surface area (Å²) in [6, 6.07) is -2.11. The molecule has 3 saturated carbocycles. The molecule has 5 atom stereocenters. The smallest absolute Gasteiger partial charge is 0.309 e. The number of hydrogen-bond acceptors (Lipinski definition) is 11. The van der Waals surface area contributed by atoms with Crippen LogP contribution < -0.4 is 5.32 Å². The predicted molar refractivity (Wildman–Crippen MR) is 132 cm³/mol. The Bertz CT molecular complexity index is 1040. The van der Waals surface area contributed by atoms with Gasteiger partial charge >= 0.3 is 11.9 Å². The molecule has 3 fully saturated rings. The number of H-pyrrole nitrogens is 1. The maximum atomic E-state index is 12.9. The Balaban J connectivity index is 1.22. The number of nitro groups is 2. The summed E-state index contributed by atoms with van der Waals surface area (Å²) in [5, 5.41) is 31.4. The summed E-state index contributed by atoms with van der Waals surface area (Å²) in [5.41, 5.74) is 0. The number of carbonyl (C=O) groups excluding carboxylic acids is 3. The highest BCUT2D eigenvalue weighted by atomic mass is 16.6. The standard InChI is InChI=1S/C24H34N6O9/c31-21(11-15-5-8-16(29(34)35)12-19(15)30(36)37)38-17-9-6-14(7-10-17)23(33)39-20-4-2-1-3-18(20)22(32)27-24-25-13-26-28-24/h13-20H,1-12H2,(H2,25,26,27,28,32). The number of aromatic amines is 1. The van der Waals surface area contributed by atoms with E-state index in [1.807, 2.05) is 0 Å². The lowest BCUT2D eigenvalue weighted by Gasteiger charge is -2.33. The highest BCUT2D eigenvalue weighted by molar-refractivity contribution is 5.91. The van der Waals surface area contributed by atoms with Crippen molar-refractivity contribution in [3.8, 4) is 0 Å². The maximum absolute atomic E-state index is 12.9. The van der Waals surface area contributed by atoms with E-state index in [4.69, 9.17) is 9.47 Å².